The summed E-state index contributed by atoms with van der Waals surface area (Å²) < 4.78 is 5.34. The third-order valence-corrected chi connectivity index (χ3v) is 3.20. The van der Waals surface area contributed by atoms with Crippen LogP contribution >= 0.6 is 0 Å². The first-order valence-corrected chi connectivity index (χ1v) is 6.65. The summed E-state index contributed by atoms with van der Waals surface area (Å²) in [5.41, 5.74) is 1.45. The zero-order valence-electron chi connectivity index (χ0n) is 12.0. The summed E-state index contributed by atoms with van der Waals surface area (Å²) >= 11 is 0. The average Bonchev–Trinajstić information content (AvgIpc) is 3.07. The van der Waals surface area contributed by atoms with Gasteiger partial charge in [0.1, 0.15) is 5.60 Å². The number of carbonyl (C=O) groups is 1. The minimum absolute atomic E-state index is 0.262. The molecule has 1 amide bonds. The van der Waals surface area contributed by atoms with Crippen molar-refractivity contribution in [3.05, 3.63) is 29.8 Å². The zero-order chi connectivity index (χ0) is 14.1. The molecule has 0 bridgehead atoms. The van der Waals surface area contributed by atoms with Crippen molar-refractivity contribution in [1.82, 2.24) is 5.32 Å². The lowest BCUT2D eigenvalue weighted by atomic mass is 10.0. The number of benzene rings is 1. The van der Waals surface area contributed by atoms with Crippen molar-refractivity contribution >= 4 is 11.8 Å². The van der Waals surface area contributed by atoms with Crippen LogP contribution in [0.5, 0.6) is 0 Å². The number of alkyl carbamates (subject to hydrolysis) is 1. The number of ether oxygens (including phenoxy) is 1. The Morgan fingerprint density at radius 2 is 1.89 bits per heavy atom. The fourth-order valence-electron chi connectivity index (χ4n) is 2.20. The second-order valence-electron chi connectivity index (χ2n) is 6.00. The summed E-state index contributed by atoms with van der Waals surface area (Å²) in [5, 5.41) is 6.18. The molecule has 0 unspecified atom stereocenters. The lowest BCUT2D eigenvalue weighted by Crippen LogP contribution is -2.39. The van der Waals surface area contributed by atoms with Crippen LogP contribution in [0.25, 0.3) is 0 Å². The molecule has 4 nitrogen and oxygen atoms in total. The van der Waals surface area contributed by atoms with E-state index in [0.29, 0.717) is 0 Å². The van der Waals surface area contributed by atoms with Gasteiger partial charge in [0.05, 0.1) is 5.54 Å². The summed E-state index contributed by atoms with van der Waals surface area (Å²) in [6.07, 6.45) is 1.55. The Morgan fingerprint density at radius 3 is 2.42 bits per heavy atom. The highest BCUT2D eigenvalue weighted by Crippen LogP contribution is 2.48. The van der Waals surface area contributed by atoms with Crippen LogP contribution in [0.3, 0.4) is 0 Å². The van der Waals surface area contributed by atoms with E-state index in [9.17, 15) is 4.79 Å². The van der Waals surface area contributed by atoms with Crippen LogP contribution in [0.1, 0.15) is 39.2 Å². The van der Waals surface area contributed by atoms with Gasteiger partial charge < -0.3 is 15.4 Å². The third kappa shape index (κ3) is 3.19. The van der Waals surface area contributed by atoms with E-state index in [4.69, 9.17) is 4.74 Å². The van der Waals surface area contributed by atoms with Crippen LogP contribution in [0.2, 0.25) is 0 Å². The number of anilines is 1. The molecule has 0 heterocycles. The van der Waals surface area contributed by atoms with Gasteiger partial charge in [-0.25, -0.2) is 4.79 Å². The maximum Gasteiger partial charge on any atom is 0.408 e. The molecule has 4 heteroatoms. The predicted molar refractivity (Wildman–Crippen MR) is 76.3 cm³/mol. The highest BCUT2D eigenvalue weighted by molar-refractivity contribution is 5.71. The number of hydrogen-bond acceptors (Lipinski definition) is 3. The van der Waals surface area contributed by atoms with Gasteiger partial charge in [-0.15, -0.1) is 0 Å². The number of carbonyl (C=O) groups excluding carboxylic acids is 1. The number of amides is 1. The van der Waals surface area contributed by atoms with E-state index in [-0.39, 0.29) is 11.6 Å². The Balaban J connectivity index is 2.13. The Bertz CT molecular complexity index is 473. The Hall–Kier alpha value is -1.71. The SMILES string of the molecule is CNc1ccccc1C1(NC(=O)OC(C)(C)C)CC1. The molecule has 104 valence electrons. The van der Waals surface area contributed by atoms with Gasteiger partial charge in [0.2, 0.25) is 0 Å². The van der Waals surface area contributed by atoms with E-state index >= 15 is 0 Å². The van der Waals surface area contributed by atoms with Gasteiger partial charge in [0, 0.05) is 18.3 Å². The van der Waals surface area contributed by atoms with Gasteiger partial charge in [-0.2, -0.15) is 0 Å². The van der Waals surface area contributed by atoms with Crippen molar-refractivity contribution in [2.45, 2.75) is 44.8 Å². The second kappa shape index (κ2) is 4.76. The Kier molecular flexibility index (Phi) is 3.43. The Morgan fingerprint density at radius 1 is 1.26 bits per heavy atom. The van der Waals surface area contributed by atoms with Crippen LogP contribution in [-0.4, -0.2) is 18.7 Å². The molecule has 2 rings (SSSR count). The van der Waals surface area contributed by atoms with Gasteiger partial charge in [-0.3, -0.25) is 0 Å². The summed E-state index contributed by atoms with van der Waals surface area (Å²) in [5.74, 6) is 0. The topological polar surface area (TPSA) is 50.4 Å². The second-order valence-corrected chi connectivity index (χ2v) is 6.00. The normalized spacial score (nSPS) is 16.6. The molecular formula is C15H22N2O2. The lowest BCUT2D eigenvalue weighted by molar-refractivity contribution is 0.0495. The van der Waals surface area contributed by atoms with E-state index in [1.165, 1.54) is 0 Å². The molecule has 1 aromatic carbocycles. The summed E-state index contributed by atoms with van der Waals surface area (Å²) in [7, 11) is 1.89. The van der Waals surface area contributed by atoms with Gasteiger partial charge in [-0.05, 0) is 39.7 Å². The minimum Gasteiger partial charge on any atom is -0.444 e. The van der Waals surface area contributed by atoms with Gasteiger partial charge in [0.15, 0.2) is 0 Å². The summed E-state index contributed by atoms with van der Waals surface area (Å²) in [4.78, 5) is 11.9. The number of hydrogen-bond donors (Lipinski definition) is 2. The van der Waals surface area contributed by atoms with Crippen molar-refractivity contribution in [3.63, 3.8) is 0 Å². The minimum atomic E-state index is -0.470. The maximum atomic E-state index is 11.9. The molecule has 0 aliphatic heterocycles. The van der Waals surface area contributed by atoms with Crippen molar-refractivity contribution in [3.8, 4) is 0 Å². The largest absolute Gasteiger partial charge is 0.444 e. The number of nitrogens with one attached hydrogen (secondary N) is 2. The predicted octanol–water partition coefficient (Wildman–Crippen LogP) is 3.24. The summed E-state index contributed by atoms with van der Waals surface area (Å²) in [6, 6.07) is 8.05. The maximum absolute atomic E-state index is 11.9. The van der Waals surface area contributed by atoms with Gasteiger partial charge in [-0.1, -0.05) is 18.2 Å². The lowest BCUT2D eigenvalue weighted by Gasteiger charge is -2.25. The molecule has 19 heavy (non-hydrogen) atoms. The first-order valence-electron chi connectivity index (χ1n) is 6.65. The molecule has 0 aromatic heterocycles. The highest BCUT2D eigenvalue weighted by atomic mass is 16.6. The molecule has 1 saturated carbocycles. The van der Waals surface area contributed by atoms with Crippen molar-refractivity contribution in [1.29, 1.82) is 0 Å². The zero-order valence-corrected chi connectivity index (χ0v) is 12.0. The molecule has 1 aromatic rings. The molecule has 0 atom stereocenters. The molecular weight excluding hydrogens is 240 g/mol. The van der Waals surface area contributed by atoms with Crippen LogP contribution in [0, 0.1) is 0 Å². The van der Waals surface area contributed by atoms with Crippen LogP contribution in [0.15, 0.2) is 24.3 Å². The van der Waals surface area contributed by atoms with Gasteiger partial charge >= 0.3 is 6.09 Å². The van der Waals surface area contributed by atoms with E-state index in [1.54, 1.807) is 0 Å². The van der Waals surface area contributed by atoms with E-state index in [2.05, 4.69) is 16.7 Å². The fraction of sp³-hybridized carbons (Fsp3) is 0.533. The fourth-order valence-corrected chi connectivity index (χ4v) is 2.20. The number of para-hydroxylation sites is 1. The van der Waals surface area contributed by atoms with Crippen molar-refractivity contribution in [2.75, 3.05) is 12.4 Å². The monoisotopic (exact) mass is 262 g/mol. The van der Waals surface area contributed by atoms with E-state index in [1.807, 2.05) is 46.0 Å². The highest BCUT2D eigenvalue weighted by Gasteiger charge is 2.47. The van der Waals surface area contributed by atoms with Crippen LogP contribution in [0.4, 0.5) is 10.5 Å². The first kappa shape index (κ1) is 13.7. The number of rotatable bonds is 3. The average molecular weight is 262 g/mol. The molecule has 0 saturated heterocycles. The van der Waals surface area contributed by atoms with Crippen molar-refractivity contribution in [2.24, 2.45) is 0 Å². The van der Waals surface area contributed by atoms with Crippen molar-refractivity contribution < 1.29 is 9.53 Å². The molecule has 2 N–H and O–H groups in total. The van der Waals surface area contributed by atoms with E-state index in [0.717, 1.165) is 24.1 Å². The molecule has 1 fully saturated rings. The molecule has 0 radical (unpaired) electrons. The quantitative estimate of drug-likeness (QED) is 0.879. The smallest absolute Gasteiger partial charge is 0.408 e. The molecule has 1 aliphatic rings. The molecule has 1 aliphatic carbocycles. The van der Waals surface area contributed by atoms with E-state index < -0.39 is 5.60 Å². The van der Waals surface area contributed by atoms with Gasteiger partial charge in [0.25, 0.3) is 0 Å². The van der Waals surface area contributed by atoms with Crippen LogP contribution < -0.4 is 10.6 Å². The summed E-state index contributed by atoms with van der Waals surface area (Å²) in [6.45, 7) is 5.61. The third-order valence-electron chi connectivity index (χ3n) is 3.20. The Labute approximate surface area is 114 Å². The van der Waals surface area contributed by atoms with Crippen LogP contribution in [-0.2, 0) is 10.3 Å². The first-order chi connectivity index (χ1) is 8.86. The molecule has 0 spiro atoms. The standard InChI is InChI=1S/C15H22N2O2/c1-14(2,3)19-13(18)17-15(9-10-15)11-7-5-6-8-12(11)16-4/h5-8,16H,9-10H2,1-4H3,(H,17,18).